The van der Waals surface area contributed by atoms with E-state index in [9.17, 15) is 4.79 Å². The van der Waals surface area contributed by atoms with Gasteiger partial charge in [-0.15, -0.1) is 0 Å². The van der Waals surface area contributed by atoms with E-state index in [1.807, 2.05) is 36.4 Å². The molecule has 24 heavy (non-hydrogen) atoms. The predicted molar refractivity (Wildman–Crippen MR) is 96.7 cm³/mol. The van der Waals surface area contributed by atoms with E-state index in [1.165, 1.54) is 11.8 Å². The van der Waals surface area contributed by atoms with Crippen molar-refractivity contribution in [2.24, 2.45) is 0 Å². The lowest BCUT2D eigenvalue weighted by Gasteiger charge is -2.06. The number of carbonyl (C=O) groups is 1. The summed E-state index contributed by atoms with van der Waals surface area (Å²) in [5.74, 6) is 0.972. The Morgan fingerprint density at radius 2 is 2.17 bits per heavy atom. The molecular weight excluding hydrogens is 346 g/mol. The summed E-state index contributed by atoms with van der Waals surface area (Å²) in [4.78, 5) is 19.6. The molecule has 124 valence electrons. The number of thioether (sulfide) groups is 1. The van der Waals surface area contributed by atoms with Crippen LogP contribution in [-0.4, -0.2) is 28.7 Å². The lowest BCUT2D eigenvalue weighted by atomic mass is 10.2. The SMILES string of the molecule is COc1ccc2nc(SCC(=O)NCc3ccccc3Cl)[nH]c2c1. The highest BCUT2D eigenvalue weighted by Crippen LogP contribution is 2.23. The third-order valence-corrected chi connectivity index (χ3v) is 4.68. The van der Waals surface area contributed by atoms with Crippen LogP contribution in [0.4, 0.5) is 0 Å². The number of nitrogens with zero attached hydrogens (tertiary/aromatic N) is 1. The van der Waals surface area contributed by atoms with Gasteiger partial charge in [-0.25, -0.2) is 4.98 Å². The number of imidazole rings is 1. The monoisotopic (exact) mass is 361 g/mol. The van der Waals surface area contributed by atoms with Crippen molar-refractivity contribution in [3.8, 4) is 5.75 Å². The number of nitrogens with one attached hydrogen (secondary N) is 2. The van der Waals surface area contributed by atoms with Crippen molar-refractivity contribution in [2.45, 2.75) is 11.7 Å². The first kappa shape index (κ1) is 16.7. The quantitative estimate of drug-likeness (QED) is 0.658. The van der Waals surface area contributed by atoms with Crippen molar-refractivity contribution in [1.29, 1.82) is 0 Å². The summed E-state index contributed by atoms with van der Waals surface area (Å²) in [6, 6.07) is 13.1. The van der Waals surface area contributed by atoms with Crippen molar-refractivity contribution < 1.29 is 9.53 Å². The minimum absolute atomic E-state index is 0.0713. The van der Waals surface area contributed by atoms with E-state index in [1.54, 1.807) is 13.2 Å². The normalized spacial score (nSPS) is 10.8. The zero-order valence-corrected chi connectivity index (χ0v) is 14.6. The summed E-state index contributed by atoms with van der Waals surface area (Å²) in [7, 11) is 1.62. The number of hydrogen-bond acceptors (Lipinski definition) is 4. The molecule has 0 bridgehead atoms. The summed E-state index contributed by atoms with van der Waals surface area (Å²) in [6.45, 7) is 0.413. The summed E-state index contributed by atoms with van der Waals surface area (Å²) in [5.41, 5.74) is 2.62. The molecule has 0 atom stereocenters. The molecule has 2 aromatic carbocycles. The number of methoxy groups -OCH3 is 1. The van der Waals surface area contributed by atoms with Gasteiger partial charge in [0.1, 0.15) is 5.75 Å². The van der Waals surface area contributed by atoms with Crippen LogP contribution < -0.4 is 10.1 Å². The van der Waals surface area contributed by atoms with Gasteiger partial charge in [0.05, 0.1) is 23.9 Å². The molecule has 7 heteroatoms. The first-order chi connectivity index (χ1) is 11.7. The molecule has 0 saturated carbocycles. The number of benzene rings is 2. The number of hydrogen-bond donors (Lipinski definition) is 2. The van der Waals surface area contributed by atoms with E-state index >= 15 is 0 Å². The van der Waals surface area contributed by atoms with Gasteiger partial charge in [-0.2, -0.15) is 0 Å². The fourth-order valence-corrected chi connectivity index (χ4v) is 3.10. The Bertz CT molecular complexity index is 866. The highest BCUT2D eigenvalue weighted by atomic mass is 35.5. The van der Waals surface area contributed by atoms with Gasteiger partial charge in [0.15, 0.2) is 5.16 Å². The Labute approximate surface area is 148 Å². The van der Waals surface area contributed by atoms with Crippen LogP contribution in [0.5, 0.6) is 5.75 Å². The molecule has 0 spiro atoms. The fourth-order valence-electron chi connectivity index (χ4n) is 2.18. The number of amides is 1. The molecule has 1 amide bonds. The van der Waals surface area contributed by atoms with E-state index in [-0.39, 0.29) is 11.7 Å². The second-order valence-corrected chi connectivity index (χ2v) is 6.45. The zero-order chi connectivity index (χ0) is 16.9. The second kappa shape index (κ2) is 7.59. The van der Waals surface area contributed by atoms with Crippen molar-refractivity contribution in [2.75, 3.05) is 12.9 Å². The van der Waals surface area contributed by atoms with Gasteiger partial charge >= 0.3 is 0 Å². The van der Waals surface area contributed by atoms with Gasteiger partial charge in [-0.3, -0.25) is 4.79 Å². The molecule has 1 heterocycles. The molecule has 0 fully saturated rings. The van der Waals surface area contributed by atoms with E-state index in [2.05, 4.69) is 15.3 Å². The Kier molecular flexibility index (Phi) is 5.27. The van der Waals surface area contributed by atoms with Crippen LogP contribution in [-0.2, 0) is 11.3 Å². The van der Waals surface area contributed by atoms with E-state index in [4.69, 9.17) is 16.3 Å². The fraction of sp³-hybridized carbons (Fsp3) is 0.176. The van der Waals surface area contributed by atoms with Crippen LogP contribution in [0.25, 0.3) is 11.0 Å². The summed E-state index contributed by atoms with van der Waals surface area (Å²) < 4.78 is 5.18. The zero-order valence-electron chi connectivity index (χ0n) is 13.0. The molecule has 0 unspecified atom stereocenters. The lowest BCUT2D eigenvalue weighted by molar-refractivity contribution is -0.118. The Hall–Kier alpha value is -2.18. The maximum absolute atomic E-state index is 12.0. The number of aromatic amines is 1. The maximum atomic E-state index is 12.0. The van der Waals surface area contributed by atoms with E-state index in [0.717, 1.165) is 22.3 Å². The average molecular weight is 362 g/mol. The molecule has 0 aliphatic rings. The molecule has 3 aromatic rings. The highest BCUT2D eigenvalue weighted by molar-refractivity contribution is 7.99. The van der Waals surface area contributed by atoms with Crippen molar-refractivity contribution >= 4 is 40.3 Å². The maximum Gasteiger partial charge on any atom is 0.230 e. The van der Waals surface area contributed by atoms with Crippen LogP contribution in [0.1, 0.15) is 5.56 Å². The highest BCUT2D eigenvalue weighted by Gasteiger charge is 2.08. The Balaban J connectivity index is 1.55. The van der Waals surface area contributed by atoms with Crippen molar-refractivity contribution in [3.05, 3.63) is 53.1 Å². The summed E-state index contributed by atoms with van der Waals surface area (Å²) in [6.07, 6.45) is 0. The van der Waals surface area contributed by atoms with Crippen LogP contribution in [0.3, 0.4) is 0 Å². The largest absolute Gasteiger partial charge is 0.497 e. The van der Waals surface area contributed by atoms with Crippen LogP contribution in [0.15, 0.2) is 47.6 Å². The molecular formula is C17H16ClN3O2S. The number of ether oxygens (including phenoxy) is 1. The molecule has 0 aliphatic carbocycles. The lowest BCUT2D eigenvalue weighted by Crippen LogP contribution is -2.24. The summed E-state index contributed by atoms with van der Waals surface area (Å²) in [5, 5.41) is 4.21. The van der Waals surface area contributed by atoms with Crippen molar-refractivity contribution in [1.82, 2.24) is 15.3 Å². The Morgan fingerprint density at radius 3 is 2.96 bits per heavy atom. The molecule has 0 aliphatic heterocycles. The van der Waals surface area contributed by atoms with Gasteiger partial charge in [0.2, 0.25) is 5.91 Å². The summed E-state index contributed by atoms with van der Waals surface area (Å²) >= 11 is 7.42. The standard InChI is InChI=1S/C17H16ClN3O2S/c1-23-12-6-7-14-15(8-12)21-17(20-14)24-10-16(22)19-9-11-4-2-3-5-13(11)18/h2-8H,9-10H2,1H3,(H,19,22)(H,20,21). The number of halogens is 1. The predicted octanol–water partition coefficient (Wildman–Crippen LogP) is 3.63. The van der Waals surface area contributed by atoms with Gasteiger partial charge in [0.25, 0.3) is 0 Å². The van der Waals surface area contributed by atoms with Gasteiger partial charge < -0.3 is 15.0 Å². The number of carbonyl (C=O) groups excluding carboxylic acids is 1. The van der Waals surface area contributed by atoms with Gasteiger partial charge in [-0.1, -0.05) is 41.6 Å². The molecule has 2 N–H and O–H groups in total. The number of aromatic nitrogens is 2. The molecule has 0 saturated heterocycles. The third kappa shape index (κ3) is 4.01. The molecule has 3 rings (SSSR count). The topological polar surface area (TPSA) is 67.0 Å². The van der Waals surface area contributed by atoms with Gasteiger partial charge in [0, 0.05) is 17.6 Å². The number of H-pyrrole nitrogens is 1. The van der Waals surface area contributed by atoms with Crippen LogP contribution in [0, 0.1) is 0 Å². The number of rotatable bonds is 6. The molecule has 0 radical (unpaired) electrons. The smallest absolute Gasteiger partial charge is 0.230 e. The molecule has 5 nitrogen and oxygen atoms in total. The first-order valence-corrected chi connectivity index (χ1v) is 8.69. The minimum atomic E-state index is -0.0713. The van der Waals surface area contributed by atoms with E-state index < -0.39 is 0 Å². The van der Waals surface area contributed by atoms with E-state index in [0.29, 0.717) is 16.7 Å². The van der Waals surface area contributed by atoms with Crippen LogP contribution >= 0.6 is 23.4 Å². The second-order valence-electron chi connectivity index (χ2n) is 5.08. The first-order valence-electron chi connectivity index (χ1n) is 7.32. The molecule has 1 aromatic heterocycles. The minimum Gasteiger partial charge on any atom is -0.497 e. The van der Waals surface area contributed by atoms with Gasteiger partial charge in [-0.05, 0) is 23.8 Å². The number of fused-ring (bicyclic) bond motifs is 1. The van der Waals surface area contributed by atoms with Crippen molar-refractivity contribution in [3.63, 3.8) is 0 Å². The average Bonchev–Trinajstić information content (AvgIpc) is 3.01. The third-order valence-electron chi connectivity index (χ3n) is 3.44. The Morgan fingerprint density at radius 1 is 1.33 bits per heavy atom. The van der Waals surface area contributed by atoms with Crippen LogP contribution in [0.2, 0.25) is 5.02 Å².